The third-order valence-electron chi connectivity index (χ3n) is 3.38. The normalized spacial score (nSPS) is 11.1. The van der Waals surface area contributed by atoms with E-state index >= 15 is 0 Å². The van der Waals surface area contributed by atoms with E-state index in [1.165, 1.54) is 56.2 Å². The highest BCUT2D eigenvalue weighted by atomic mass is 35.5. The number of halogens is 1. The van der Waals surface area contributed by atoms with Gasteiger partial charge in [-0.05, 0) is 38.1 Å². The van der Waals surface area contributed by atoms with Gasteiger partial charge in [0.05, 0.1) is 4.34 Å². The molecule has 19 heavy (non-hydrogen) atoms. The highest BCUT2D eigenvalue weighted by Gasteiger charge is 1.97. The van der Waals surface area contributed by atoms with E-state index in [9.17, 15) is 0 Å². The maximum atomic E-state index is 5.90. The molecule has 1 heterocycles. The molecule has 1 nitrogen and oxygen atoms in total. The first-order valence-electron chi connectivity index (χ1n) is 7.78. The van der Waals surface area contributed by atoms with Crippen molar-refractivity contribution in [3.63, 3.8) is 0 Å². The van der Waals surface area contributed by atoms with Gasteiger partial charge in [-0.2, -0.15) is 0 Å². The van der Waals surface area contributed by atoms with Crippen molar-refractivity contribution in [2.45, 2.75) is 64.7 Å². The zero-order valence-corrected chi connectivity index (χ0v) is 13.8. The molecule has 0 unspecified atom stereocenters. The van der Waals surface area contributed by atoms with Crippen LogP contribution in [0.5, 0.6) is 0 Å². The Balaban J connectivity index is 1.79. The number of hydrogen-bond donors (Lipinski definition) is 1. The summed E-state index contributed by atoms with van der Waals surface area (Å²) in [5.41, 5.74) is 0. The molecule has 3 heteroatoms. The Morgan fingerprint density at radius 2 is 1.63 bits per heavy atom. The minimum absolute atomic E-state index is 0.901. The summed E-state index contributed by atoms with van der Waals surface area (Å²) >= 11 is 7.60. The maximum absolute atomic E-state index is 5.90. The van der Waals surface area contributed by atoms with Gasteiger partial charge < -0.3 is 5.32 Å². The van der Waals surface area contributed by atoms with Gasteiger partial charge in [0.2, 0.25) is 0 Å². The molecule has 0 atom stereocenters. The summed E-state index contributed by atoms with van der Waals surface area (Å²) in [7, 11) is 0. The van der Waals surface area contributed by atoms with Crippen molar-refractivity contribution in [2.75, 3.05) is 13.1 Å². The molecule has 110 valence electrons. The molecule has 1 aromatic rings. The minimum Gasteiger partial charge on any atom is -0.316 e. The van der Waals surface area contributed by atoms with Crippen LogP contribution in [0.2, 0.25) is 4.34 Å². The summed E-state index contributed by atoms with van der Waals surface area (Å²) < 4.78 is 0.901. The monoisotopic (exact) mass is 301 g/mol. The topological polar surface area (TPSA) is 12.0 Å². The highest BCUT2D eigenvalue weighted by molar-refractivity contribution is 7.16. The van der Waals surface area contributed by atoms with Gasteiger partial charge in [-0.25, -0.2) is 0 Å². The SMILES string of the molecule is CCCCCCCCCCNCCc1ccc(Cl)s1. The predicted octanol–water partition coefficient (Wildman–Crippen LogP) is 5.67. The van der Waals surface area contributed by atoms with Gasteiger partial charge in [0.15, 0.2) is 0 Å². The largest absolute Gasteiger partial charge is 0.316 e. The van der Waals surface area contributed by atoms with E-state index in [4.69, 9.17) is 11.6 Å². The number of unbranched alkanes of at least 4 members (excludes halogenated alkanes) is 7. The van der Waals surface area contributed by atoms with Crippen LogP contribution in [0.3, 0.4) is 0 Å². The molecule has 0 fully saturated rings. The second-order valence-corrected chi connectivity index (χ2v) is 6.98. The van der Waals surface area contributed by atoms with E-state index in [0.717, 1.165) is 23.8 Å². The Labute approximate surface area is 127 Å². The number of thiophene rings is 1. The zero-order chi connectivity index (χ0) is 13.8. The number of hydrogen-bond acceptors (Lipinski definition) is 2. The Bertz CT molecular complexity index is 311. The van der Waals surface area contributed by atoms with Crippen molar-refractivity contribution in [2.24, 2.45) is 0 Å². The summed E-state index contributed by atoms with van der Waals surface area (Å²) in [5.74, 6) is 0. The summed E-state index contributed by atoms with van der Waals surface area (Å²) in [5, 5.41) is 3.52. The van der Waals surface area contributed by atoms with Crippen molar-refractivity contribution in [1.82, 2.24) is 5.32 Å². The van der Waals surface area contributed by atoms with E-state index in [0.29, 0.717) is 0 Å². The van der Waals surface area contributed by atoms with Crippen LogP contribution in [0.15, 0.2) is 12.1 Å². The van der Waals surface area contributed by atoms with Crippen molar-refractivity contribution >= 4 is 22.9 Å². The van der Waals surface area contributed by atoms with Gasteiger partial charge in [0.1, 0.15) is 0 Å². The first-order valence-corrected chi connectivity index (χ1v) is 8.97. The smallest absolute Gasteiger partial charge is 0.0931 e. The van der Waals surface area contributed by atoms with E-state index in [1.807, 2.05) is 6.07 Å². The molecule has 1 N–H and O–H groups in total. The molecule has 0 radical (unpaired) electrons. The quantitative estimate of drug-likeness (QED) is 0.490. The van der Waals surface area contributed by atoms with Crippen LogP contribution in [0.4, 0.5) is 0 Å². The van der Waals surface area contributed by atoms with Crippen LogP contribution in [0, 0.1) is 0 Å². The van der Waals surface area contributed by atoms with Crippen LogP contribution in [0.25, 0.3) is 0 Å². The van der Waals surface area contributed by atoms with Crippen molar-refractivity contribution in [3.8, 4) is 0 Å². The van der Waals surface area contributed by atoms with Gasteiger partial charge in [0.25, 0.3) is 0 Å². The summed E-state index contributed by atoms with van der Waals surface area (Å²) in [4.78, 5) is 1.38. The van der Waals surface area contributed by atoms with E-state index in [2.05, 4.69) is 18.3 Å². The summed E-state index contributed by atoms with van der Waals surface area (Å²) in [6, 6.07) is 4.12. The van der Waals surface area contributed by atoms with Crippen LogP contribution in [0.1, 0.15) is 63.2 Å². The van der Waals surface area contributed by atoms with E-state index < -0.39 is 0 Å². The standard InChI is InChI=1S/C16H28ClNS/c1-2-3-4-5-6-7-8-9-13-18-14-12-15-10-11-16(17)19-15/h10-11,18H,2-9,12-14H2,1H3. The molecule has 0 saturated heterocycles. The van der Waals surface area contributed by atoms with Crippen molar-refractivity contribution < 1.29 is 0 Å². The molecule has 0 aliphatic rings. The Morgan fingerprint density at radius 3 is 2.26 bits per heavy atom. The third-order valence-corrected chi connectivity index (χ3v) is 4.68. The summed E-state index contributed by atoms with van der Waals surface area (Å²) in [6.07, 6.45) is 12.3. The fourth-order valence-corrected chi connectivity index (χ4v) is 3.29. The molecule has 0 saturated carbocycles. The fourth-order valence-electron chi connectivity index (χ4n) is 2.21. The van der Waals surface area contributed by atoms with Crippen LogP contribution in [-0.2, 0) is 6.42 Å². The predicted molar refractivity (Wildman–Crippen MR) is 88.5 cm³/mol. The second kappa shape index (κ2) is 11.7. The van der Waals surface area contributed by atoms with Gasteiger partial charge in [0, 0.05) is 4.88 Å². The number of nitrogens with one attached hydrogen (secondary N) is 1. The van der Waals surface area contributed by atoms with Gasteiger partial charge >= 0.3 is 0 Å². The molecule has 0 aromatic carbocycles. The average molecular weight is 302 g/mol. The maximum Gasteiger partial charge on any atom is 0.0931 e. The van der Waals surface area contributed by atoms with Gasteiger partial charge in [-0.1, -0.05) is 63.5 Å². The van der Waals surface area contributed by atoms with Crippen molar-refractivity contribution in [3.05, 3.63) is 21.3 Å². The Morgan fingerprint density at radius 1 is 0.947 bits per heavy atom. The lowest BCUT2D eigenvalue weighted by atomic mass is 10.1. The van der Waals surface area contributed by atoms with Crippen LogP contribution >= 0.6 is 22.9 Å². The molecule has 0 amide bonds. The first kappa shape index (κ1) is 17.0. The molecular weight excluding hydrogens is 274 g/mol. The second-order valence-electron chi connectivity index (χ2n) is 5.18. The van der Waals surface area contributed by atoms with Gasteiger partial charge in [-0.3, -0.25) is 0 Å². The average Bonchev–Trinajstić information content (AvgIpc) is 2.82. The highest BCUT2D eigenvalue weighted by Crippen LogP contribution is 2.21. The molecule has 0 aliphatic heterocycles. The van der Waals surface area contributed by atoms with Crippen LogP contribution < -0.4 is 5.32 Å². The molecular formula is C16H28ClNS. The van der Waals surface area contributed by atoms with Gasteiger partial charge in [-0.15, -0.1) is 11.3 Å². The molecule has 1 aromatic heterocycles. The van der Waals surface area contributed by atoms with E-state index in [1.54, 1.807) is 11.3 Å². The lowest BCUT2D eigenvalue weighted by Gasteiger charge is -2.04. The Hall–Kier alpha value is -0.0500. The fraction of sp³-hybridized carbons (Fsp3) is 0.750. The van der Waals surface area contributed by atoms with E-state index in [-0.39, 0.29) is 0 Å². The lowest BCUT2D eigenvalue weighted by molar-refractivity contribution is 0.556. The minimum atomic E-state index is 0.901. The molecule has 0 aliphatic carbocycles. The number of rotatable bonds is 12. The first-order chi connectivity index (χ1) is 9.33. The molecule has 0 bridgehead atoms. The molecule has 1 rings (SSSR count). The summed E-state index contributed by atoms with van der Waals surface area (Å²) in [6.45, 7) is 4.51. The lowest BCUT2D eigenvalue weighted by Crippen LogP contribution is -2.18. The van der Waals surface area contributed by atoms with Crippen LogP contribution in [-0.4, -0.2) is 13.1 Å². The Kier molecular flexibility index (Phi) is 10.5. The van der Waals surface area contributed by atoms with Crippen molar-refractivity contribution in [1.29, 1.82) is 0 Å². The molecule has 0 spiro atoms. The zero-order valence-electron chi connectivity index (χ0n) is 12.2. The third kappa shape index (κ3) is 9.48.